The van der Waals surface area contributed by atoms with Crippen molar-refractivity contribution in [3.8, 4) is 0 Å². The number of hydrogen-bond donors (Lipinski definition) is 2. The van der Waals surface area contributed by atoms with Crippen molar-refractivity contribution in [1.82, 2.24) is 5.32 Å². The Morgan fingerprint density at radius 3 is 2.79 bits per heavy atom. The van der Waals surface area contributed by atoms with Crippen molar-refractivity contribution in [3.63, 3.8) is 0 Å². The van der Waals surface area contributed by atoms with Crippen LogP contribution in [-0.4, -0.2) is 37.0 Å². The fourth-order valence-electron chi connectivity index (χ4n) is 1.23. The number of methoxy groups -OCH3 is 1. The van der Waals surface area contributed by atoms with Crippen LogP contribution in [0.1, 0.15) is 10.4 Å². The maximum Gasteiger partial charge on any atom is 0.315 e. The van der Waals surface area contributed by atoms with E-state index in [1.807, 2.05) is 0 Å². The molecule has 0 atom stereocenters. The van der Waals surface area contributed by atoms with Crippen LogP contribution in [-0.2, 0) is 9.53 Å². The lowest BCUT2D eigenvalue weighted by Crippen LogP contribution is -2.26. The highest BCUT2D eigenvalue weighted by atomic mass is 35.5. The molecule has 0 aliphatic rings. The number of nitrogen functional groups attached to an aromatic ring is 1. The number of ether oxygens (including phenoxy) is 1. The first-order chi connectivity index (χ1) is 8.63. The molecule has 1 aromatic rings. The lowest BCUT2D eigenvalue weighted by atomic mass is 10.2. The predicted molar refractivity (Wildman–Crippen MR) is 79.8 cm³/mol. The molecule has 0 fully saturated rings. The molecule has 0 aromatic heterocycles. The largest absolute Gasteiger partial charge is 0.468 e. The first-order valence-electron chi connectivity index (χ1n) is 5.42. The molecule has 0 unspecified atom stereocenters. The van der Waals surface area contributed by atoms with Crippen LogP contribution in [0, 0.1) is 0 Å². The summed E-state index contributed by atoms with van der Waals surface area (Å²) in [4.78, 5) is 22.5. The van der Waals surface area contributed by atoms with Gasteiger partial charge in [-0.1, -0.05) is 6.07 Å². The summed E-state index contributed by atoms with van der Waals surface area (Å²) in [7, 11) is 1.35. The molecular weight excluding hydrogens is 288 g/mol. The van der Waals surface area contributed by atoms with Crippen molar-refractivity contribution in [2.75, 3.05) is 30.9 Å². The normalized spacial score (nSPS) is 9.32. The number of amides is 1. The summed E-state index contributed by atoms with van der Waals surface area (Å²) in [5, 5.41) is 2.75. The fourth-order valence-corrected chi connectivity index (χ4v) is 1.91. The van der Waals surface area contributed by atoms with E-state index >= 15 is 0 Å². The molecule has 0 aliphatic heterocycles. The minimum atomic E-state index is -0.262. The van der Waals surface area contributed by atoms with Crippen molar-refractivity contribution in [1.29, 1.82) is 0 Å². The minimum absolute atomic E-state index is 0. The fraction of sp³-hybridized carbons (Fsp3) is 0.333. The number of nitrogens with two attached hydrogens (primary N) is 1. The Bertz CT molecular complexity index is 429. The van der Waals surface area contributed by atoms with Crippen LogP contribution in [0.2, 0.25) is 0 Å². The Morgan fingerprint density at radius 1 is 1.42 bits per heavy atom. The molecule has 7 heteroatoms. The van der Waals surface area contributed by atoms with Gasteiger partial charge in [-0.3, -0.25) is 9.59 Å². The molecule has 1 rings (SSSR count). The van der Waals surface area contributed by atoms with Crippen LogP contribution in [0.15, 0.2) is 24.3 Å². The molecule has 0 saturated heterocycles. The van der Waals surface area contributed by atoms with Crippen LogP contribution in [0.5, 0.6) is 0 Å². The van der Waals surface area contributed by atoms with Crippen molar-refractivity contribution < 1.29 is 14.3 Å². The topological polar surface area (TPSA) is 81.4 Å². The zero-order valence-electron chi connectivity index (χ0n) is 10.5. The van der Waals surface area contributed by atoms with Gasteiger partial charge in [0, 0.05) is 23.5 Å². The van der Waals surface area contributed by atoms with Crippen LogP contribution in [0.3, 0.4) is 0 Å². The van der Waals surface area contributed by atoms with Gasteiger partial charge in [-0.2, -0.15) is 0 Å². The van der Waals surface area contributed by atoms with Gasteiger partial charge < -0.3 is 15.8 Å². The number of benzene rings is 1. The van der Waals surface area contributed by atoms with E-state index in [0.717, 1.165) is 0 Å². The summed E-state index contributed by atoms with van der Waals surface area (Å²) >= 11 is 1.41. The van der Waals surface area contributed by atoms with E-state index in [4.69, 9.17) is 5.73 Å². The molecular formula is C12H17ClN2O3S. The van der Waals surface area contributed by atoms with E-state index in [2.05, 4.69) is 10.1 Å². The third-order valence-electron chi connectivity index (χ3n) is 2.13. The van der Waals surface area contributed by atoms with E-state index in [1.165, 1.54) is 18.9 Å². The molecule has 0 bridgehead atoms. The van der Waals surface area contributed by atoms with Crippen molar-refractivity contribution in [3.05, 3.63) is 29.8 Å². The number of halogens is 1. The summed E-state index contributed by atoms with van der Waals surface area (Å²) in [6.45, 7) is 0.495. The van der Waals surface area contributed by atoms with Crippen molar-refractivity contribution >= 4 is 41.7 Å². The van der Waals surface area contributed by atoms with Gasteiger partial charge in [0.2, 0.25) is 0 Å². The summed E-state index contributed by atoms with van der Waals surface area (Å²) < 4.78 is 4.50. The third kappa shape index (κ3) is 6.93. The average molecular weight is 305 g/mol. The number of thioether (sulfide) groups is 1. The van der Waals surface area contributed by atoms with E-state index in [9.17, 15) is 9.59 Å². The van der Waals surface area contributed by atoms with Gasteiger partial charge in [-0.15, -0.1) is 24.2 Å². The van der Waals surface area contributed by atoms with Gasteiger partial charge in [-0.05, 0) is 18.2 Å². The number of esters is 1. The highest BCUT2D eigenvalue weighted by Crippen LogP contribution is 2.06. The number of rotatable bonds is 6. The van der Waals surface area contributed by atoms with E-state index in [0.29, 0.717) is 29.3 Å². The first-order valence-corrected chi connectivity index (χ1v) is 6.57. The van der Waals surface area contributed by atoms with Gasteiger partial charge in [0.1, 0.15) is 0 Å². The maximum atomic E-state index is 11.7. The van der Waals surface area contributed by atoms with Crippen LogP contribution in [0.25, 0.3) is 0 Å². The van der Waals surface area contributed by atoms with Crippen LogP contribution >= 0.6 is 24.2 Å². The minimum Gasteiger partial charge on any atom is -0.468 e. The smallest absolute Gasteiger partial charge is 0.315 e. The van der Waals surface area contributed by atoms with Gasteiger partial charge in [0.15, 0.2) is 0 Å². The Hall–Kier alpha value is -1.40. The van der Waals surface area contributed by atoms with Gasteiger partial charge in [-0.25, -0.2) is 0 Å². The van der Waals surface area contributed by atoms with Gasteiger partial charge in [0.05, 0.1) is 12.9 Å². The maximum absolute atomic E-state index is 11.7. The first kappa shape index (κ1) is 17.6. The molecule has 0 heterocycles. The second-order valence-corrected chi connectivity index (χ2v) is 4.62. The Kier molecular flexibility index (Phi) is 8.82. The average Bonchev–Trinajstić information content (AvgIpc) is 2.37. The number of hydrogen-bond acceptors (Lipinski definition) is 5. The number of carbonyl (C=O) groups is 2. The number of nitrogens with one attached hydrogen (secondary N) is 1. The summed E-state index contributed by atoms with van der Waals surface area (Å²) in [5.41, 5.74) is 6.68. The third-order valence-corrected chi connectivity index (χ3v) is 3.06. The monoisotopic (exact) mass is 304 g/mol. The zero-order valence-corrected chi connectivity index (χ0v) is 12.2. The standard InChI is InChI=1S/C12H16N2O3S.ClH/c1-17-11(15)8-18-6-5-14-12(16)9-3-2-4-10(13)7-9;/h2-4,7H,5-6,8,13H2,1H3,(H,14,16);1H. The Morgan fingerprint density at radius 2 is 2.16 bits per heavy atom. The second-order valence-electron chi connectivity index (χ2n) is 3.51. The molecule has 5 nitrogen and oxygen atoms in total. The Balaban J connectivity index is 0.00000324. The van der Waals surface area contributed by atoms with Crippen LogP contribution in [0.4, 0.5) is 5.69 Å². The molecule has 0 radical (unpaired) electrons. The van der Waals surface area contributed by atoms with E-state index in [1.54, 1.807) is 24.3 Å². The molecule has 0 spiro atoms. The molecule has 1 amide bonds. The molecule has 19 heavy (non-hydrogen) atoms. The SMILES string of the molecule is COC(=O)CSCCNC(=O)c1cccc(N)c1.Cl. The summed E-state index contributed by atoms with van der Waals surface area (Å²) in [5.74, 6) is 0.525. The van der Waals surface area contributed by atoms with Crippen molar-refractivity contribution in [2.24, 2.45) is 0 Å². The lowest BCUT2D eigenvalue weighted by molar-refractivity contribution is -0.137. The Labute approximate surface area is 122 Å². The molecule has 3 N–H and O–H groups in total. The van der Waals surface area contributed by atoms with Crippen LogP contribution < -0.4 is 11.1 Å². The predicted octanol–water partition coefficient (Wildman–Crippen LogP) is 1.33. The van der Waals surface area contributed by atoms with E-state index in [-0.39, 0.29) is 24.3 Å². The summed E-state index contributed by atoms with van der Waals surface area (Å²) in [6.07, 6.45) is 0. The molecule has 0 aliphatic carbocycles. The van der Waals surface area contributed by atoms with E-state index < -0.39 is 0 Å². The van der Waals surface area contributed by atoms with Gasteiger partial charge >= 0.3 is 5.97 Å². The summed E-state index contributed by atoms with van der Waals surface area (Å²) in [6, 6.07) is 6.78. The van der Waals surface area contributed by atoms with Crippen molar-refractivity contribution in [2.45, 2.75) is 0 Å². The highest BCUT2D eigenvalue weighted by Gasteiger charge is 2.05. The molecule has 0 saturated carbocycles. The van der Waals surface area contributed by atoms with Gasteiger partial charge in [0.25, 0.3) is 5.91 Å². The number of carbonyl (C=O) groups excluding carboxylic acids is 2. The molecule has 106 valence electrons. The second kappa shape index (κ2) is 9.52. The molecule has 1 aromatic carbocycles. The quantitative estimate of drug-likeness (QED) is 0.471. The highest BCUT2D eigenvalue weighted by molar-refractivity contribution is 7.99. The lowest BCUT2D eigenvalue weighted by Gasteiger charge is -2.05. The number of anilines is 1. The zero-order chi connectivity index (χ0) is 13.4.